The minimum absolute atomic E-state index is 0.0130. The molecule has 8 heteroatoms. The van der Waals surface area contributed by atoms with Crippen LogP contribution in [0.3, 0.4) is 0 Å². The minimum atomic E-state index is -0.752. The van der Waals surface area contributed by atoms with Gasteiger partial charge in [0, 0.05) is 49.4 Å². The minimum Gasteiger partial charge on any atom is -0.494 e. The summed E-state index contributed by atoms with van der Waals surface area (Å²) in [6.45, 7) is 4.17. The van der Waals surface area contributed by atoms with Gasteiger partial charge in [-0.2, -0.15) is 0 Å². The largest absolute Gasteiger partial charge is 0.494 e. The van der Waals surface area contributed by atoms with Crippen LogP contribution in [0.25, 0.3) is 0 Å². The van der Waals surface area contributed by atoms with Gasteiger partial charge in [-0.05, 0) is 55.2 Å². The number of hydrogen-bond donors (Lipinski definition) is 2. The first kappa shape index (κ1) is 24.6. The van der Waals surface area contributed by atoms with Crippen LogP contribution in [0.15, 0.2) is 77.6 Å². The van der Waals surface area contributed by atoms with Gasteiger partial charge in [0.1, 0.15) is 11.8 Å². The van der Waals surface area contributed by atoms with Crippen LogP contribution in [-0.4, -0.2) is 47.1 Å². The highest BCUT2D eigenvalue weighted by Gasteiger charge is 2.37. The lowest BCUT2D eigenvalue weighted by Gasteiger charge is -2.43. The molecule has 0 aliphatic carbocycles. The Morgan fingerprint density at radius 1 is 0.973 bits per heavy atom. The van der Waals surface area contributed by atoms with Crippen molar-refractivity contribution in [3.63, 3.8) is 0 Å². The van der Waals surface area contributed by atoms with Gasteiger partial charge in [0.05, 0.1) is 6.61 Å². The van der Waals surface area contributed by atoms with E-state index in [1.165, 1.54) is 0 Å². The number of likely N-dealkylation sites (tertiary alicyclic amines) is 1. The van der Waals surface area contributed by atoms with Crippen LogP contribution in [0.5, 0.6) is 5.75 Å². The second-order valence-electron chi connectivity index (χ2n) is 9.74. The summed E-state index contributed by atoms with van der Waals surface area (Å²) >= 11 is 0. The fourth-order valence-electron chi connectivity index (χ4n) is 5.39. The Morgan fingerprint density at radius 2 is 1.76 bits per heavy atom. The Labute approximate surface area is 216 Å². The highest BCUT2D eigenvalue weighted by atomic mass is 16.5. The number of ether oxygens (including phenoxy) is 1. The predicted molar refractivity (Wildman–Crippen MR) is 142 cm³/mol. The van der Waals surface area contributed by atoms with E-state index in [0.29, 0.717) is 38.3 Å². The van der Waals surface area contributed by atoms with Gasteiger partial charge in [0.15, 0.2) is 0 Å². The number of benzene rings is 2. The van der Waals surface area contributed by atoms with E-state index in [1.54, 1.807) is 41.3 Å². The lowest BCUT2D eigenvalue weighted by molar-refractivity contribution is -0.118. The van der Waals surface area contributed by atoms with Gasteiger partial charge >= 0.3 is 6.03 Å². The molecule has 1 saturated heterocycles. The number of rotatable bonds is 7. The summed E-state index contributed by atoms with van der Waals surface area (Å²) in [6, 6.07) is 21.2. The van der Waals surface area contributed by atoms with Gasteiger partial charge in [-0.1, -0.05) is 36.4 Å². The van der Waals surface area contributed by atoms with Crippen LogP contribution in [-0.2, 0) is 17.8 Å². The Bertz CT molecular complexity index is 1310. The molecule has 8 nitrogen and oxygen atoms in total. The first-order valence-corrected chi connectivity index (χ1v) is 12.8. The zero-order valence-electron chi connectivity index (χ0n) is 20.9. The highest BCUT2D eigenvalue weighted by molar-refractivity contribution is 5.97. The molecule has 0 saturated carbocycles. The van der Waals surface area contributed by atoms with Crippen LogP contribution >= 0.6 is 0 Å². The lowest BCUT2D eigenvalue weighted by Crippen LogP contribution is -2.55. The van der Waals surface area contributed by atoms with Crippen LogP contribution in [0, 0.1) is 5.92 Å². The number of pyridine rings is 1. The number of carbonyl (C=O) groups excluding carboxylic acids is 2. The van der Waals surface area contributed by atoms with Crippen molar-refractivity contribution in [2.24, 2.45) is 5.92 Å². The molecular weight excluding hydrogens is 468 g/mol. The van der Waals surface area contributed by atoms with Gasteiger partial charge in [-0.15, -0.1) is 0 Å². The molecule has 2 aliphatic rings. The molecule has 5 rings (SSSR count). The van der Waals surface area contributed by atoms with Crippen LogP contribution in [0.1, 0.15) is 30.5 Å². The van der Waals surface area contributed by atoms with Crippen molar-refractivity contribution in [2.75, 3.05) is 25.0 Å². The van der Waals surface area contributed by atoms with E-state index in [2.05, 4.69) is 10.6 Å². The molecule has 3 heterocycles. The Morgan fingerprint density at radius 3 is 2.51 bits per heavy atom. The van der Waals surface area contributed by atoms with Crippen molar-refractivity contribution in [3.8, 4) is 5.75 Å². The summed E-state index contributed by atoms with van der Waals surface area (Å²) in [7, 11) is 0. The average Bonchev–Trinajstić information content (AvgIpc) is 2.90. The molecule has 3 aromatic rings. The Hall–Kier alpha value is -4.07. The maximum atomic E-state index is 13.4. The molecule has 1 fully saturated rings. The van der Waals surface area contributed by atoms with Crippen molar-refractivity contribution >= 4 is 17.6 Å². The first-order valence-electron chi connectivity index (χ1n) is 12.8. The summed E-state index contributed by atoms with van der Waals surface area (Å²) in [5, 5.41) is 5.93. The van der Waals surface area contributed by atoms with Gasteiger partial charge in [0.2, 0.25) is 5.91 Å². The maximum absolute atomic E-state index is 13.4. The van der Waals surface area contributed by atoms with E-state index in [1.807, 2.05) is 47.9 Å². The summed E-state index contributed by atoms with van der Waals surface area (Å²) in [6.07, 6.45) is 1.33. The third-order valence-electron chi connectivity index (χ3n) is 7.10. The Kier molecular flexibility index (Phi) is 7.25. The van der Waals surface area contributed by atoms with Crippen LogP contribution in [0.2, 0.25) is 0 Å². The molecular formula is C29H32N4O4. The fourth-order valence-corrected chi connectivity index (χ4v) is 5.39. The molecule has 3 amide bonds. The number of nitrogens with zero attached hydrogens (tertiary/aromatic N) is 2. The van der Waals surface area contributed by atoms with E-state index in [4.69, 9.17) is 4.74 Å². The zero-order chi connectivity index (χ0) is 25.8. The number of amides is 3. The summed E-state index contributed by atoms with van der Waals surface area (Å²) in [4.78, 5) is 40.9. The average molecular weight is 501 g/mol. The normalized spacial score (nSPS) is 18.9. The maximum Gasteiger partial charge on any atom is 0.318 e. The van der Waals surface area contributed by atoms with Crippen molar-refractivity contribution in [1.82, 2.24) is 14.8 Å². The number of aromatic nitrogens is 1. The van der Waals surface area contributed by atoms with Crippen LogP contribution in [0.4, 0.5) is 10.5 Å². The molecule has 0 spiro atoms. The highest BCUT2D eigenvalue weighted by Crippen LogP contribution is 2.35. The Balaban J connectivity index is 1.30. The second-order valence-corrected chi connectivity index (χ2v) is 9.74. The van der Waals surface area contributed by atoms with E-state index in [0.717, 1.165) is 23.4 Å². The van der Waals surface area contributed by atoms with Gasteiger partial charge in [0.25, 0.3) is 5.56 Å². The molecule has 1 aromatic heterocycles. The standard InChI is InChI=1S/C29H32N4O4/c1-2-37-24-13-11-23(12-14-24)30-28(35)25(16-20-7-4-3-5-8-20)31-29(36)32-17-21-15-22(19-32)26-9-6-10-27(34)33(26)18-21/h3-14,21-22,25H,2,15-19H2,1H3,(H,30,35)(H,31,36)/t21-,22+,25+/m1/s1. The quantitative estimate of drug-likeness (QED) is 0.518. The molecule has 2 N–H and O–H groups in total. The summed E-state index contributed by atoms with van der Waals surface area (Å²) < 4.78 is 7.32. The monoisotopic (exact) mass is 500 g/mol. The third-order valence-corrected chi connectivity index (χ3v) is 7.10. The third kappa shape index (κ3) is 5.69. The number of urea groups is 1. The molecule has 192 valence electrons. The molecule has 37 heavy (non-hydrogen) atoms. The number of hydrogen-bond acceptors (Lipinski definition) is 4. The predicted octanol–water partition coefficient (Wildman–Crippen LogP) is 3.63. The summed E-state index contributed by atoms with van der Waals surface area (Å²) in [5.41, 5.74) is 2.59. The molecule has 0 radical (unpaired) electrons. The molecule has 2 aliphatic heterocycles. The van der Waals surface area contributed by atoms with Crippen molar-refractivity contribution in [1.29, 1.82) is 0 Å². The zero-order valence-corrected chi connectivity index (χ0v) is 20.9. The number of carbonyl (C=O) groups is 2. The number of fused-ring (bicyclic) bond motifs is 4. The summed E-state index contributed by atoms with van der Waals surface area (Å²) in [5.74, 6) is 0.768. The molecule has 3 atom stereocenters. The molecule has 0 unspecified atom stereocenters. The number of piperidine rings is 1. The van der Waals surface area contributed by atoms with E-state index in [9.17, 15) is 14.4 Å². The topological polar surface area (TPSA) is 92.7 Å². The van der Waals surface area contributed by atoms with Crippen molar-refractivity contribution < 1.29 is 14.3 Å². The van der Waals surface area contributed by atoms with Crippen molar-refractivity contribution in [2.45, 2.75) is 38.3 Å². The van der Waals surface area contributed by atoms with Gasteiger partial charge in [-0.3, -0.25) is 9.59 Å². The van der Waals surface area contributed by atoms with Gasteiger partial charge < -0.3 is 24.8 Å². The second kappa shape index (κ2) is 10.9. The van der Waals surface area contributed by atoms with E-state index in [-0.39, 0.29) is 29.3 Å². The van der Waals surface area contributed by atoms with E-state index < -0.39 is 6.04 Å². The van der Waals surface area contributed by atoms with Crippen molar-refractivity contribution in [3.05, 3.63) is 94.4 Å². The first-order chi connectivity index (χ1) is 18.0. The number of nitrogens with one attached hydrogen (secondary N) is 2. The van der Waals surface area contributed by atoms with Gasteiger partial charge in [-0.25, -0.2) is 4.79 Å². The molecule has 2 aromatic carbocycles. The van der Waals surface area contributed by atoms with Crippen LogP contribution < -0.4 is 20.9 Å². The smallest absolute Gasteiger partial charge is 0.318 e. The molecule has 2 bridgehead atoms. The van der Waals surface area contributed by atoms with E-state index >= 15 is 0 Å². The number of anilines is 1. The SMILES string of the molecule is CCOc1ccc(NC(=O)[C@H](Cc2ccccc2)NC(=O)N2C[C@H]3C[C@@H](C2)c2cccc(=O)n2C3)cc1. The fraction of sp³-hybridized carbons (Fsp3) is 0.345. The lowest BCUT2D eigenvalue weighted by atomic mass is 9.83.